The molecule has 1 fully saturated rings. The summed E-state index contributed by atoms with van der Waals surface area (Å²) in [5, 5.41) is 11.9. The van der Waals surface area contributed by atoms with Crippen molar-refractivity contribution in [2.45, 2.75) is 45.3 Å². The maximum absolute atomic E-state index is 15.7. The minimum atomic E-state index is -1.11. The summed E-state index contributed by atoms with van der Waals surface area (Å²) in [5.41, 5.74) is 5.52. The maximum Gasteiger partial charge on any atom is 0.130 e. The third kappa shape index (κ3) is 4.35. The van der Waals surface area contributed by atoms with Crippen LogP contribution in [-0.2, 0) is 17.4 Å². The third-order valence-corrected chi connectivity index (χ3v) is 8.24. The van der Waals surface area contributed by atoms with Gasteiger partial charge in [-0.1, -0.05) is 18.2 Å². The van der Waals surface area contributed by atoms with Crippen molar-refractivity contribution < 1.29 is 19.0 Å². The van der Waals surface area contributed by atoms with Crippen LogP contribution in [0, 0.1) is 18.7 Å². The van der Waals surface area contributed by atoms with E-state index in [1.54, 1.807) is 33.4 Å². The van der Waals surface area contributed by atoms with Crippen LogP contribution in [-0.4, -0.2) is 44.5 Å². The molecule has 1 saturated heterocycles. The summed E-state index contributed by atoms with van der Waals surface area (Å²) in [6.07, 6.45) is 5.27. The van der Waals surface area contributed by atoms with Crippen LogP contribution in [0.1, 0.15) is 49.6 Å². The quantitative estimate of drug-likeness (QED) is 0.273. The number of hydrogen-bond donors (Lipinski definition) is 1. The third-order valence-electron chi connectivity index (χ3n) is 8.24. The first-order valence-corrected chi connectivity index (χ1v) is 13.7. The number of methoxy groups -OCH3 is 1. The number of aryl methyl sites for hydroxylation is 2. The van der Waals surface area contributed by atoms with E-state index < -0.39 is 5.60 Å². The Balaban J connectivity index is 1.76. The molecule has 208 valence electrons. The molecule has 7 nitrogen and oxygen atoms in total. The molecule has 5 aromatic rings. The van der Waals surface area contributed by atoms with Crippen LogP contribution in [0.2, 0.25) is 0 Å². The van der Waals surface area contributed by atoms with E-state index in [2.05, 4.69) is 15.6 Å². The molecule has 0 radical (unpaired) electrons. The highest BCUT2D eigenvalue weighted by atomic mass is 19.1. The van der Waals surface area contributed by atoms with E-state index in [1.165, 1.54) is 6.07 Å². The van der Waals surface area contributed by atoms with E-state index in [-0.39, 0.29) is 17.8 Å². The van der Waals surface area contributed by atoms with Crippen LogP contribution in [0.4, 0.5) is 4.39 Å². The largest absolute Gasteiger partial charge is 0.496 e. The second-order valence-corrected chi connectivity index (χ2v) is 11.3. The number of fused-ring (bicyclic) bond motifs is 3. The Morgan fingerprint density at radius 3 is 2.50 bits per heavy atom. The fourth-order valence-electron chi connectivity index (χ4n) is 6.24. The first-order chi connectivity index (χ1) is 19.2. The number of imidazole rings is 1. The molecule has 3 aromatic heterocycles. The van der Waals surface area contributed by atoms with Crippen molar-refractivity contribution >= 4 is 21.9 Å². The average Bonchev–Trinajstić information content (AvgIpc) is 3.45. The lowest BCUT2D eigenvalue weighted by atomic mass is 9.86. The molecule has 1 atom stereocenters. The van der Waals surface area contributed by atoms with Crippen molar-refractivity contribution in [3.63, 3.8) is 0 Å². The second kappa shape index (κ2) is 10.0. The van der Waals surface area contributed by atoms with Gasteiger partial charge in [-0.25, -0.2) is 9.37 Å². The molecule has 1 N–H and O–H groups in total. The fraction of sp³-hybridized carbons (Fsp3) is 0.375. The molecule has 8 heteroatoms. The molecule has 0 saturated carbocycles. The Bertz CT molecular complexity index is 1690. The van der Waals surface area contributed by atoms with Gasteiger partial charge in [0.05, 0.1) is 58.4 Å². The molecule has 0 spiro atoms. The highest BCUT2D eigenvalue weighted by molar-refractivity contribution is 6.10. The van der Waals surface area contributed by atoms with Gasteiger partial charge in [0.25, 0.3) is 0 Å². The highest BCUT2D eigenvalue weighted by Crippen LogP contribution is 2.45. The number of hydrogen-bond acceptors (Lipinski definition) is 5. The smallest absolute Gasteiger partial charge is 0.130 e. The molecule has 1 aliphatic heterocycles. The molecule has 4 heterocycles. The molecule has 1 unspecified atom stereocenters. The van der Waals surface area contributed by atoms with Gasteiger partial charge < -0.3 is 23.7 Å². The fourth-order valence-corrected chi connectivity index (χ4v) is 6.24. The minimum Gasteiger partial charge on any atom is -0.496 e. The van der Waals surface area contributed by atoms with E-state index in [1.807, 2.05) is 49.0 Å². The van der Waals surface area contributed by atoms with Gasteiger partial charge in [-0.3, -0.25) is 4.98 Å². The van der Waals surface area contributed by atoms with Gasteiger partial charge in [0.1, 0.15) is 11.6 Å². The number of nitrogens with zero attached hydrogens (tertiary/aromatic N) is 4. The van der Waals surface area contributed by atoms with Gasteiger partial charge in [-0.05, 0) is 69.4 Å². The van der Waals surface area contributed by atoms with Gasteiger partial charge >= 0.3 is 0 Å². The lowest BCUT2D eigenvalue weighted by Gasteiger charge is -2.33. The zero-order valence-electron chi connectivity index (χ0n) is 23.6. The van der Waals surface area contributed by atoms with Crippen molar-refractivity contribution in [1.82, 2.24) is 19.1 Å². The van der Waals surface area contributed by atoms with Gasteiger partial charge in [-0.15, -0.1) is 0 Å². The summed E-state index contributed by atoms with van der Waals surface area (Å²) in [6.45, 7) is 6.76. The molecule has 0 aliphatic carbocycles. The van der Waals surface area contributed by atoms with Crippen molar-refractivity contribution in [3.8, 4) is 17.0 Å². The molecule has 2 aromatic carbocycles. The Hall–Kier alpha value is -3.75. The zero-order chi connectivity index (χ0) is 28.2. The lowest BCUT2D eigenvalue weighted by molar-refractivity contribution is 0.0548. The molecule has 6 rings (SSSR count). The van der Waals surface area contributed by atoms with Crippen molar-refractivity contribution in [2.75, 3.05) is 20.3 Å². The molecular formula is C32H35FN4O3. The van der Waals surface area contributed by atoms with Crippen LogP contribution in [0.3, 0.4) is 0 Å². The van der Waals surface area contributed by atoms with E-state index in [0.29, 0.717) is 30.1 Å². The molecule has 40 heavy (non-hydrogen) atoms. The maximum atomic E-state index is 15.7. The summed E-state index contributed by atoms with van der Waals surface area (Å²) in [5.74, 6) is 0.504. The van der Waals surface area contributed by atoms with Crippen LogP contribution >= 0.6 is 0 Å². The normalized spacial score (nSPS) is 15.7. The van der Waals surface area contributed by atoms with Crippen LogP contribution in [0.25, 0.3) is 33.2 Å². The number of pyridine rings is 1. The summed E-state index contributed by atoms with van der Waals surface area (Å²) in [4.78, 5) is 9.48. The van der Waals surface area contributed by atoms with E-state index in [4.69, 9.17) is 14.5 Å². The molecule has 0 bridgehead atoms. The molecular weight excluding hydrogens is 507 g/mol. The standard InChI is InChI=1S/C32H35FN4O3/c1-19-30(36(4)18-35-19)21-14-26-29(34-17-21)28-25(15-22(32(2,3)38)16-27(28)39-5)37(26)31(20-10-12-40-13-11-20)23-8-6-7-9-24(23)33/h6-9,14-18,20,31,38H,10-13H2,1-5H3. The second-order valence-electron chi connectivity index (χ2n) is 11.3. The average molecular weight is 543 g/mol. The van der Waals surface area contributed by atoms with Gasteiger partial charge in [-0.2, -0.15) is 0 Å². The Labute approximate surface area is 233 Å². The topological polar surface area (TPSA) is 74.3 Å². The highest BCUT2D eigenvalue weighted by Gasteiger charge is 2.33. The number of rotatable bonds is 6. The Morgan fingerprint density at radius 1 is 1.10 bits per heavy atom. The van der Waals surface area contributed by atoms with E-state index >= 15 is 4.39 Å². The summed E-state index contributed by atoms with van der Waals surface area (Å²) in [6, 6.07) is 12.7. The predicted octanol–water partition coefficient (Wildman–Crippen LogP) is 6.29. The number of aromatic nitrogens is 4. The monoisotopic (exact) mass is 542 g/mol. The number of aliphatic hydroxyl groups is 1. The number of halogens is 1. The van der Waals surface area contributed by atoms with E-state index in [9.17, 15) is 5.11 Å². The van der Waals surface area contributed by atoms with Crippen molar-refractivity contribution in [2.24, 2.45) is 13.0 Å². The summed E-state index contributed by atoms with van der Waals surface area (Å²) >= 11 is 0. The van der Waals surface area contributed by atoms with Gasteiger partial charge in [0, 0.05) is 37.6 Å². The van der Waals surface area contributed by atoms with Crippen molar-refractivity contribution in [3.05, 3.63) is 77.6 Å². The lowest BCUT2D eigenvalue weighted by Crippen LogP contribution is -2.27. The van der Waals surface area contributed by atoms with Crippen molar-refractivity contribution in [1.29, 1.82) is 0 Å². The Kier molecular flexibility index (Phi) is 6.63. The molecule has 0 amide bonds. The first-order valence-electron chi connectivity index (χ1n) is 13.7. The number of ether oxygens (including phenoxy) is 2. The van der Waals surface area contributed by atoms with Crippen LogP contribution in [0.15, 0.2) is 55.0 Å². The van der Waals surface area contributed by atoms with Gasteiger partial charge in [0.2, 0.25) is 0 Å². The van der Waals surface area contributed by atoms with Gasteiger partial charge in [0.15, 0.2) is 0 Å². The zero-order valence-corrected chi connectivity index (χ0v) is 23.6. The summed E-state index contributed by atoms with van der Waals surface area (Å²) in [7, 11) is 3.60. The number of benzene rings is 2. The van der Waals surface area contributed by atoms with Crippen LogP contribution < -0.4 is 4.74 Å². The Morgan fingerprint density at radius 2 is 1.85 bits per heavy atom. The van der Waals surface area contributed by atoms with E-state index in [0.717, 1.165) is 51.7 Å². The molecule has 1 aliphatic rings. The summed E-state index contributed by atoms with van der Waals surface area (Å²) < 4.78 is 31.5. The predicted molar refractivity (Wildman–Crippen MR) is 154 cm³/mol. The minimum absolute atomic E-state index is 0.128. The van der Waals surface area contributed by atoms with Crippen LogP contribution in [0.5, 0.6) is 5.75 Å². The SMILES string of the molecule is COc1cc(C(C)(C)O)cc2c1c1ncc(-c3c(C)ncn3C)cc1n2C(c1ccccc1F)C1CCOCC1. The first kappa shape index (κ1) is 26.5.